The van der Waals surface area contributed by atoms with Crippen LogP contribution in [0.15, 0.2) is 42.5 Å². The van der Waals surface area contributed by atoms with Gasteiger partial charge in [-0.1, -0.05) is 36.9 Å². The van der Waals surface area contributed by atoms with Gasteiger partial charge in [0.25, 0.3) is 0 Å². The third-order valence-electron chi connectivity index (χ3n) is 2.94. The van der Waals surface area contributed by atoms with Crippen molar-refractivity contribution >= 4 is 22.1 Å². The van der Waals surface area contributed by atoms with Crippen molar-refractivity contribution in [3.8, 4) is 0 Å². The average molecular weight is 437 g/mol. The number of hydrogen-bond acceptors (Lipinski definition) is 7. The molecule has 0 aliphatic carbocycles. The fraction of sp³-hybridized carbons (Fsp3) is 0.444. The highest BCUT2D eigenvalue weighted by Gasteiger charge is 2.39. The van der Waals surface area contributed by atoms with Crippen molar-refractivity contribution in [2.45, 2.75) is 18.7 Å². The monoisotopic (exact) mass is 437 g/mol. The van der Waals surface area contributed by atoms with Crippen LogP contribution < -0.4 is 0 Å². The van der Waals surface area contributed by atoms with Gasteiger partial charge in [-0.05, 0) is 6.92 Å². The van der Waals surface area contributed by atoms with Crippen molar-refractivity contribution in [1.82, 2.24) is 0 Å². The van der Waals surface area contributed by atoms with E-state index in [-0.39, 0.29) is 5.57 Å². The second-order valence-corrected chi connectivity index (χ2v) is 8.55. The molecule has 11 heteroatoms. The molecule has 8 nitrogen and oxygen atoms in total. The smallest absolute Gasteiger partial charge is 0.367 e. The van der Waals surface area contributed by atoms with Gasteiger partial charge in [-0.25, -0.2) is 18.0 Å². The minimum absolute atomic E-state index is 0.0322. The minimum atomic E-state index is -5.93. The molecule has 0 aliphatic rings. The van der Waals surface area contributed by atoms with E-state index in [1.165, 1.54) is 12.5 Å². The van der Waals surface area contributed by atoms with Gasteiger partial charge in [0, 0.05) is 11.1 Å². The Bertz CT molecular complexity index is 803. The molecule has 1 aromatic carbocycles. The molecule has 1 aromatic rings. The number of hydrogen-bond donors (Lipinski definition) is 0. The third kappa shape index (κ3) is 11.9. The van der Waals surface area contributed by atoms with E-state index in [2.05, 4.69) is 67.5 Å². The number of carbonyl (C=O) groups is 2. The number of nitrogens with zero attached hydrogens (tertiary/aromatic N) is 1. The summed E-state index contributed by atoms with van der Waals surface area (Å²) in [4.78, 5) is 21.6. The summed E-state index contributed by atoms with van der Waals surface area (Å²) in [5.41, 5.74) is 1.37. The van der Waals surface area contributed by atoms with Crippen molar-refractivity contribution in [2.24, 2.45) is 0 Å². The van der Waals surface area contributed by atoms with Crippen LogP contribution in [0.25, 0.3) is 0 Å². The van der Waals surface area contributed by atoms with Gasteiger partial charge in [-0.2, -0.15) is 8.78 Å². The zero-order valence-corrected chi connectivity index (χ0v) is 17.5. The highest BCUT2D eigenvalue weighted by molar-refractivity contribution is 7.86. The summed E-state index contributed by atoms with van der Waals surface area (Å²) in [6.45, 7) is 2.62. The lowest BCUT2D eigenvalue weighted by Crippen LogP contribution is -2.35. The molecule has 0 spiro atoms. The number of halogens is 2. The van der Waals surface area contributed by atoms with E-state index >= 15 is 0 Å². The molecule has 0 atom stereocenters. The molecule has 29 heavy (non-hydrogen) atoms. The Labute approximate surface area is 169 Å². The van der Waals surface area contributed by atoms with Gasteiger partial charge in [0.15, 0.2) is 23.3 Å². The Kier molecular flexibility index (Phi) is 10.1. The Hall–Kier alpha value is -2.37. The van der Waals surface area contributed by atoms with E-state index < -0.39 is 40.5 Å². The first kappa shape index (κ1) is 26.6. The standard InChI is InChI=1S/C10H16N.C8H10F2O7S/c1-11(2,3)9-10-7-5-4-6-8-10;1-5(2)7(12)16-3-6(11)17-4-8(9,10)18(13,14)15/h4-8H,9H2,1-3H3;1,3-4H2,2H3,(H,13,14,15)/q+1;/p-1. The largest absolute Gasteiger partial charge is 0.743 e. The molecular weight excluding hydrogens is 412 g/mol. The van der Waals surface area contributed by atoms with Gasteiger partial charge in [0.2, 0.25) is 0 Å². The van der Waals surface area contributed by atoms with Gasteiger partial charge in [-0.15, -0.1) is 0 Å². The normalized spacial score (nSPS) is 11.7. The molecule has 0 heterocycles. The molecule has 0 aromatic heterocycles. The van der Waals surface area contributed by atoms with Crippen molar-refractivity contribution in [2.75, 3.05) is 34.4 Å². The van der Waals surface area contributed by atoms with Crippen LogP contribution in [0, 0.1) is 0 Å². The lowest BCUT2D eigenvalue weighted by Gasteiger charge is -2.23. The summed E-state index contributed by atoms with van der Waals surface area (Å²) in [7, 11) is 0.679. The van der Waals surface area contributed by atoms with Gasteiger partial charge in [-0.3, -0.25) is 0 Å². The first-order chi connectivity index (χ1) is 13.0. The molecule has 0 saturated heterocycles. The number of benzene rings is 1. The van der Waals surface area contributed by atoms with Crippen LogP contribution in [0.3, 0.4) is 0 Å². The van der Waals surface area contributed by atoms with E-state index in [1.54, 1.807) is 0 Å². The van der Waals surface area contributed by atoms with Gasteiger partial charge in [0.05, 0.1) is 21.1 Å². The summed E-state index contributed by atoms with van der Waals surface area (Å²) in [5, 5.41) is -4.74. The van der Waals surface area contributed by atoms with Crippen LogP contribution in [0.5, 0.6) is 0 Å². The Morgan fingerprint density at radius 1 is 1.14 bits per heavy atom. The number of quaternary nitrogens is 1. The fourth-order valence-corrected chi connectivity index (χ4v) is 1.86. The van der Waals surface area contributed by atoms with E-state index in [1.807, 2.05) is 0 Å². The number of rotatable bonds is 8. The van der Waals surface area contributed by atoms with Crippen molar-refractivity contribution in [3.05, 3.63) is 48.0 Å². The summed E-state index contributed by atoms with van der Waals surface area (Å²) in [6.07, 6.45) is 0. The Balaban J connectivity index is 0.000000604. The second kappa shape index (κ2) is 11.0. The summed E-state index contributed by atoms with van der Waals surface area (Å²) < 4.78 is 64.1. The molecular formula is C18H25F2NO7S. The van der Waals surface area contributed by atoms with Crippen LogP contribution in [-0.4, -0.2) is 69.0 Å². The number of ether oxygens (including phenoxy) is 2. The van der Waals surface area contributed by atoms with Crippen molar-refractivity contribution in [3.63, 3.8) is 0 Å². The molecule has 0 amide bonds. The van der Waals surface area contributed by atoms with E-state index in [0.29, 0.717) is 0 Å². The molecule has 1 rings (SSSR count). The van der Waals surface area contributed by atoms with Gasteiger partial charge >= 0.3 is 17.2 Å². The maximum Gasteiger partial charge on any atom is 0.367 e. The maximum absolute atomic E-state index is 12.5. The molecule has 0 fully saturated rings. The summed E-state index contributed by atoms with van der Waals surface area (Å²) in [5.74, 6) is -2.37. The van der Waals surface area contributed by atoms with Crippen LogP contribution in [0.1, 0.15) is 12.5 Å². The lowest BCUT2D eigenvalue weighted by molar-refractivity contribution is -0.884. The van der Waals surface area contributed by atoms with Crippen LogP contribution in [0.2, 0.25) is 0 Å². The maximum atomic E-state index is 12.5. The molecule has 0 unspecified atom stereocenters. The third-order valence-corrected chi connectivity index (χ3v) is 3.79. The minimum Gasteiger partial charge on any atom is -0.743 e. The highest BCUT2D eigenvalue weighted by Crippen LogP contribution is 2.20. The fourth-order valence-electron chi connectivity index (χ4n) is 1.66. The Morgan fingerprint density at radius 2 is 1.66 bits per heavy atom. The second-order valence-electron chi connectivity index (χ2n) is 7.04. The first-order valence-electron chi connectivity index (χ1n) is 8.21. The predicted octanol–water partition coefficient (Wildman–Crippen LogP) is 1.68. The topological polar surface area (TPSA) is 110 Å². The molecule has 0 aliphatic heterocycles. The summed E-state index contributed by atoms with van der Waals surface area (Å²) >= 11 is 0. The Morgan fingerprint density at radius 3 is 2.07 bits per heavy atom. The number of alkyl halides is 2. The molecule has 0 bridgehead atoms. The van der Waals surface area contributed by atoms with E-state index in [0.717, 1.165) is 11.0 Å². The number of carbonyl (C=O) groups excluding carboxylic acids is 2. The van der Waals surface area contributed by atoms with Crippen LogP contribution >= 0.6 is 0 Å². The van der Waals surface area contributed by atoms with Crippen molar-refractivity contribution < 1.29 is 45.3 Å². The highest BCUT2D eigenvalue weighted by atomic mass is 32.2. The molecule has 0 radical (unpaired) electrons. The van der Waals surface area contributed by atoms with Crippen LogP contribution in [-0.2, 0) is 35.7 Å². The summed E-state index contributed by atoms with van der Waals surface area (Å²) in [6, 6.07) is 10.6. The van der Waals surface area contributed by atoms with E-state index in [4.69, 9.17) is 0 Å². The van der Waals surface area contributed by atoms with E-state index in [9.17, 15) is 31.3 Å². The van der Waals surface area contributed by atoms with Gasteiger partial charge in [0.1, 0.15) is 6.54 Å². The first-order valence-corrected chi connectivity index (χ1v) is 9.62. The predicted molar refractivity (Wildman–Crippen MR) is 99.6 cm³/mol. The number of esters is 2. The zero-order chi connectivity index (χ0) is 22.9. The molecule has 0 N–H and O–H groups in total. The van der Waals surface area contributed by atoms with Crippen LogP contribution in [0.4, 0.5) is 8.78 Å². The quantitative estimate of drug-likeness (QED) is 0.263. The SMILES string of the molecule is C=C(C)C(=O)OCC(=O)OCC(F)(F)S(=O)(=O)[O-].C[N+](C)(C)Cc1ccccc1. The lowest BCUT2D eigenvalue weighted by atomic mass is 10.2. The molecule has 0 saturated carbocycles. The zero-order valence-electron chi connectivity index (χ0n) is 16.7. The average Bonchev–Trinajstić information content (AvgIpc) is 2.56. The van der Waals surface area contributed by atoms with Crippen molar-refractivity contribution in [1.29, 1.82) is 0 Å². The molecule has 164 valence electrons. The van der Waals surface area contributed by atoms with Gasteiger partial charge < -0.3 is 18.5 Å².